The maximum absolute atomic E-state index is 12.6. The van der Waals surface area contributed by atoms with Crippen LogP contribution in [0.5, 0.6) is 0 Å². The first-order chi connectivity index (χ1) is 12.4. The first-order valence-electron chi connectivity index (χ1n) is 8.93. The molecule has 0 spiro atoms. The van der Waals surface area contributed by atoms with Crippen LogP contribution in [0.1, 0.15) is 48.2 Å². The van der Waals surface area contributed by atoms with Gasteiger partial charge >= 0.3 is 0 Å². The zero-order chi connectivity index (χ0) is 18.7. The Hall–Kier alpha value is -2.11. The van der Waals surface area contributed by atoms with E-state index in [1.807, 2.05) is 25.1 Å². The van der Waals surface area contributed by atoms with E-state index in [9.17, 15) is 4.79 Å². The Labute approximate surface area is 159 Å². The van der Waals surface area contributed by atoms with E-state index in [1.165, 1.54) is 5.69 Å². The number of hydrogen-bond donors (Lipinski definition) is 2. The second-order valence-corrected chi connectivity index (χ2v) is 7.31. The Morgan fingerprint density at radius 2 is 2.19 bits per heavy atom. The number of aromatic nitrogens is 1. The molecular weight excluding hydrogens is 348 g/mol. The van der Waals surface area contributed by atoms with E-state index in [-0.39, 0.29) is 18.4 Å². The Kier molecular flexibility index (Phi) is 5.79. The van der Waals surface area contributed by atoms with E-state index >= 15 is 0 Å². The third-order valence-electron chi connectivity index (χ3n) is 4.82. The number of benzene rings is 1. The van der Waals surface area contributed by atoms with E-state index in [2.05, 4.69) is 34.4 Å². The highest BCUT2D eigenvalue weighted by atomic mass is 35.5. The summed E-state index contributed by atoms with van der Waals surface area (Å²) >= 11 is 6.00. The zero-order valence-electron chi connectivity index (χ0n) is 15.2. The smallest absolute Gasteiger partial charge is 0.222 e. The topological polar surface area (TPSA) is 71.2 Å². The molecule has 0 saturated heterocycles. The molecule has 0 radical (unpaired) electrons. The SMILES string of the molecule is Cc1cc(C(N)CC(=O)NC2CCCN(C)c3ccccc32)cc(Cl)n1. The van der Waals surface area contributed by atoms with Crippen LogP contribution in [0, 0.1) is 6.92 Å². The Balaban J connectivity index is 1.70. The minimum Gasteiger partial charge on any atom is -0.374 e. The summed E-state index contributed by atoms with van der Waals surface area (Å²) in [7, 11) is 2.09. The number of carbonyl (C=O) groups is 1. The minimum absolute atomic E-state index is 0.0126. The third kappa shape index (κ3) is 4.34. The van der Waals surface area contributed by atoms with Crippen LogP contribution in [-0.4, -0.2) is 24.5 Å². The van der Waals surface area contributed by atoms with Crippen LogP contribution >= 0.6 is 11.6 Å². The maximum Gasteiger partial charge on any atom is 0.222 e. The zero-order valence-corrected chi connectivity index (χ0v) is 16.0. The number of nitrogens with one attached hydrogen (secondary N) is 1. The number of anilines is 1. The first kappa shape index (κ1) is 18.7. The molecule has 0 bridgehead atoms. The van der Waals surface area contributed by atoms with Crippen LogP contribution in [0.15, 0.2) is 36.4 Å². The first-order valence-corrected chi connectivity index (χ1v) is 9.31. The van der Waals surface area contributed by atoms with E-state index in [1.54, 1.807) is 6.07 Å². The molecule has 0 fully saturated rings. The van der Waals surface area contributed by atoms with Crippen molar-refractivity contribution in [2.75, 3.05) is 18.5 Å². The van der Waals surface area contributed by atoms with Crippen LogP contribution in [-0.2, 0) is 4.79 Å². The van der Waals surface area contributed by atoms with Gasteiger partial charge in [-0.25, -0.2) is 4.98 Å². The van der Waals surface area contributed by atoms with Crippen LogP contribution in [0.25, 0.3) is 0 Å². The Morgan fingerprint density at radius 1 is 1.42 bits per heavy atom. The number of halogens is 1. The van der Waals surface area contributed by atoms with Gasteiger partial charge < -0.3 is 16.0 Å². The van der Waals surface area contributed by atoms with Crippen molar-refractivity contribution in [2.24, 2.45) is 5.73 Å². The van der Waals surface area contributed by atoms with E-state index in [0.717, 1.165) is 36.2 Å². The van der Waals surface area contributed by atoms with E-state index in [0.29, 0.717) is 5.15 Å². The molecule has 1 aliphatic rings. The van der Waals surface area contributed by atoms with Gasteiger partial charge in [-0.2, -0.15) is 0 Å². The van der Waals surface area contributed by atoms with Crippen molar-refractivity contribution in [3.05, 3.63) is 58.4 Å². The molecule has 2 unspecified atom stereocenters. The van der Waals surface area contributed by atoms with Crippen molar-refractivity contribution in [3.8, 4) is 0 Å². The summed E-state index contributed by atoms with van der Waals surface area (Å²) in [5, 5.41) is 3.57. The monoisotopic (exact) mass is 372 g/mol. The maximum atomic E-state index is 12.6. The lowest BCUT2D eigenvalue weighted by atomic mass is 10.00. The van der Waals surface area contributed by atoms with Gasteiger partial charge in [-0.15, -0.1) is 0 Å². The average Bonchev–Trinajstić information content (AvgIpc) is 2.74. The molecule has 2 aromatic rings. The molecule has 1 amide bonds. The molecule has 1 aromatic heterocycles. The molecular formula is C20H25ClN4O. The summed E-state index contributed by atoms with van der Waals surface area (Å²) in [6.45, 7) is 2.85. The van der Waals surface area contributed by atoms with Crippen LogP contribution in [0.3, 0.4) is 0 Å². The highest BCUT2D eigenvalue weighted by Gasteiger charge is 2.23. The van der Waals surface area contributed by atoms with Gasteiger partial charge in [0.05, 0.1) is 6.04 Å². The quantitative estimate of drug-likeness (QED) is 0.805. The fourth-order valence-corrected chi connectivity index (χ4v) is 3.79. The summed E-state index contributed by atoms with van der Waals surface area (Å²) in [6, 6.07) is 11.5. The number of carbonyl (C=O) groups excluding carboxylic acids is 1. The molecule has 0 saturated carbocycles. The van der Waals surface area contributed by atoms with Crippen LogP contribution in [0.4, 0.5) is 5.69 Å². The molecule has 0 aliphatic carbocycles. The molecule has 138 valence electrons. The standard InChI is InChI=1S/C20H25ClN4O/c1-13-10-14(11-19(21)23-13)16(22)12-20(26)24-17-7-5-9-25(2)18-8-4-3-6-15(17)18/h3-4,6,8,10-11,16-17H,5,7,9,12,22H2,1-2H3,(H,24,26). The predicted octanol–water partition coefficient (Wildman–Crippen LogP) is 3.52. The van der Waals surface area contributed by atoms with E-state index in [4.69, 9.17) is 17.3 Å². The summed E-state index contributed by atoms with van der Waals surface area (Å²) in [4.78, 5) is 19.0. The summed E-state index contributed by atoms with van der Waals surface area (Å²) in [5.41, 5.74) is 10.2. The van der Waals surface area contributed by atoms with Crippen molar-refractivity contribution >= 4 is 23.2 Å². The normalized spacial score (nSPS) is 18.0. The second kappa shape index (κ2) is 8.06. The number of pyridine rings is 1. The molecule has 3 N–H and O–H groups in total. The van der Waals surface area contributed by atoms with Crippen molar-refractivity contribution in [1.82, 2.24) is 10.3 Å². The van der Waals surface area contributed by atoms with Crippen LogP contribution < -0.4 is 16.0 Å². The number of amides is 1. The van der Waals surface area contributed by atoms with Crippen molar-refractivity contribution < 1.29 is 4.79 Å². The van der Waals surface area contributed by atoms with Crippen molar-refractivity contribution in [1.29, 1.82) is 0 Å². The molecule has 2 atom stereocenters. The molecule has 26 heavy (non-hydrogen) atoms. The Bertz CT molecular complexity index is 775. The van der Waals surface area contributed by atoms with Gasteiger partial charge in [0, 0.05) is 37.4 Å². The summed E-state index contributed by atoms with van der Waals surface area (Å²) in [6.07, 6.45) is 2.16. The third-order valence-corrected chi connectivity index (χ3v) is 5.02. The van der Waals surface area contributed by atoms with Gasteiger partial charge in [0.2, 0.25) is 5.91 Å². The summed E-state index contributed by atoms with van der Waals surface area (Å²) < 4.78 is 0. The number of fused-ring (bicyclic) bond motifs is 1. The fraction of sp³-hybridized carbons (Fsp3) is 0.400. The molecule has 1 aliphatic heterocycles. The minimum atomic E-state index is -0.405. The van der Waals surface area contributed by atoms with Gasteiger partial charge in [-0.05, 0) is 49.1 Å². The molecule has 2 heterocycles. The molecule has 5 nitrogen and oxygen atoms in total. The number of nitrogens with zero attached hydrogens (tertiary/aromatic N) is 2. The van der Waals surface area contributed by atoms with Crippen molar-refractivity contribution in [2.45, 2.75) is 38.3 Å². The van der Waals surface area contributed by atoms with Crippen LogP contribution in [0.2, 0.25) is 5.15 Å². The Morgan fingerprint density at radius 3 is 2.96 bits per heavy atom. The highest BCUT2D eigenvalue weighted by molar-refractivity contribution is 6.29. The summed E-state index contributed by atoms with van der Waals surface area (Å²) in [5.74, 6) is -0.0487. The van der Waals surface area contributed by atoms with Gasteiger partial charge in [0.15, 0.2) is 0 Å². The number of para-hydroxylation sites is 1. The lowest BCUT2D eigenvalue weighted by Gasteiger charge is -2.23. The van der Waals surface area contributed by atoms with Gasteiger partial charge in [0.1, 0.15) is 5.15 Å². The molecule has 6 heteroatoms. The number of nitrogens with two attached hydrogens (primary N) is 1. The van der Waals surface area contributed by atoms with Gasteiger partial charge in [0.25, 0.3) is 0 Å². The average molecular weight is 373 g/mol. The molecule has 1 aromatic carbocycles. The number of hydrogen-bond acceptors (Lipinski definition) is 4. The lowest BCUT2D eigenvalue weighted by molar-refractivity contribution is -0.122. The second-order valence-electron chi connectivity index (χ2n) is 6.92. The largest absolute Gasteiger partial charge is 0.374 e. The van der Waals surface area contributed by atoms with Crippen molar-refractivity contribution in [3.63, 3.8) is 0 Å². The fourth-order valence-electron chi connectivity index (χ4n) is 3.53. The molecule has 3 rings (SSSR count). The van der Waals surface area contributed by atoms with Gasteiger partial charge in [-0.3, -0.25) is 4.79 Å². The number of aryl methyl sites for hydroxylation is 1. The number of rotatable bonds is 4. The highest BCUT2D eigenvalue weighted by Crippen LogP contribution is 2.32. The van der Waals surface area contributed by atoms with Gasteiger partial charge in [-0.1, -0.05) is 29.8 Å². The lowest BCUT2D eigenvalue weighted by Crippen LogP contribution is -2.31. The van der Waals surface area contributed by atoms with E-state index < -0.39 is 6.04 Å². The predicted molar refractivity (Wildman–Crippen MR) is 105 cm³/mol.